The van der Waals surface area contributed by atoms with E-state index in [-0.39, 0.29) is 22.9 Å². The highest BCUT2D eigenvalue weighted by Crippen LogP contribution is 2.22. The van der Waals surface area contributed by atoms with Crippen molar-refractivity contribution in [2.24, 2.45) is 0 Å². The fourth-order valence-electron chi connectivity index (χ4n) is 1.64. The molecule has 0 radical (unpaired) electrons. The number of halogens is 1. The molecule has 2 rings (SSSR count). The summed E-state index contributed by atoms with van der Waals surface area (Å²) in [5.74, 6) is -0.508. The first-order valence-corrected chi connectivity index (χ1v) is 6.80. The molecule has 0 spiro atoms. The monoisotopic (exact) mass is 259 g/mol. The summed E-state index contributed by atoms with van der Waals surface area (Å²) in [6.07, 6.45) is 0.485. The molecule has 1 aliphatic rings. The van der Waals surface area contributed by atoms with Gasteiger partial charge in [0.15, 0.2) is 0 Å². The van der Waals surface area contributed by atoms with E-state index < -0.39 is 15.9 Å². The summed E-state index contributed by atoms with van der Waals surface area (Å²) >= 11 is 5.85. The van der Waals surface area contributed by atoms with E-state index in [0.29, 0.717) is 6.42 Å². The number of sulfonamides is 1. The lowest BCUT2D eigenvalue weighted by Crippen LogP contribution is -2.32. The summed E-state index contributed by atoms with van der Waals surface area (Å²) in [6.45, 7) is 0.242. The van der Waals surface area contributed by atoms with Crippen LogP contribution in [0.15, 0.2) is 24.3 Å². The van der Waals surface area contributed by atoms with Gasteiger partial charge < -0.3 is 0 Å². The lowest BCUT2D eigenvalue weighted by atomic mass is 10.2. The van der Waals surface area contributed by atoms with Crippen LogP contribution in [-0.4, -0.2) is 30.9 Å². The van der Waals surface area contributed by atoms with Gasteiger partial charge in [0, 0.05) is 6.54 Å². The topological polar surface area (TPSA) is 54.5 Å². The first kappa shape index (κ1) is 11.4. The van der Waals surface area contributed by atoms with Crippen molar-refractivity contribution in [2.45, 2.75) is 6.42 Å². The van der Waals surface area contributed by atoms with Crippen molar-refractivity contribution < 1.29 is 13.2 Å². The van der Waals surface area contributed by atoms with Crippen LogP contribution in [0.1, 0.15) is 16.8 Å². The van der Waals surface area contributed by atoms with Crippen LogP contribution in [0, 0.1) is 0 Å². The third-order valence-corrected chi connectivity index (χ3v) is 4.58. The Morgan fingerprint density at radius 3 is 2.56 bits per heavy atom. The molecule has 1 aromatic rings. The average molecular weight is 260 g/mol. The molecule has 1 aliphatic heterocycles. The molecule has 1 amide bonds. The van der Waals surface area contributed by atoms with Crippen LogP contribution in [0.25, 0.3) is 0 Å². The Kier molecular flexibility index (Phi) is 2.90. The zero-order chi connectivity index (χ0) is 11.8. The summed E-state index contributed by atoms with van der Waals surface area (Å²) in [4.78, 5) is 11.9. The van der Waals surface area contributed by atoms with Gasteiger partial charge in [-0.15, -0.1) is 0 Å². The summed E-state index contributed by atoms with van der Waals surface area (Å²) in [5, 5.41) is 0.273. The van der Waals surface area contributed by atoms with Gasteiger partial charge in [-0.1, -0.05) is 23.7 Å². The van der Waals surface area contributed by atoms with Gasteiger partial charge >= 0.3 is 0 Å². The third-order valence-electron chi connectivity index (χ3n) is 2.43. The molecule has 0 bridgehead atoms. The van der Waals surface area contributed by atoms with E-state index in [0.717, 1.165) is 4.31 Å². The predicted octanol–water partition coefficient (Wildman–Crippen LogP) is 1.52. The number of carbonyl (C=O) groups excluding carboxylic acids is 1. The third kappa shape index (κ3) is 1.92. The molecule has 1 aromatic carbocycles. The molecule has 0 N–H and O–H groups in total. The lowest BCUT2D eigenvalue weighted by Gasteiger charge is -2.15. The Bertz CT molecular complexity index is 527. The molecule has 1 fully saturated rings. The zero-order valence-corrected chi connectivity index (χ0v) is 9.96. The molecule has 1 saturated heterocycles. The molecule has 0 aliphatic carbocycles. The Morgan fingerprint density at radius 1 is 1.31 bits per heavy atom. The van der Waals surface area contributed by atoms with Crippen LogP contribution in [0.4, 0.5) is 0 Å². The maximum atomic E-state index is 11.9. The number of hydrogen-bond donors (Lipinski definition) is 0. The quantitative estimate of drug-likeness (QED) is 0.768. The molecular weight excluding hydrogens is 250 g/mol. The van der Waals surface area contributed by atoms with Crippen molar-refractivity contribution in [1.82, 2.24) is 4.31 Å². The van der Waals surface area contributed by atoms with Crippen molar-refractivity contribution in [3.8, 4) is 0 Å². The SMILES string of the molecule is O=C(c1ccccc1Cl)N1CCCS1(=O)=O. The summed E-state index contributed by atoms with van der Waals surface area (Å²) in [6, 6.07) is 6.44. The molecule has 86 valence electrons. The summed E-state index contributed by atoms with van der Waals surface area (Å²) < 4.78 is 24.0. The Balaban J connectivity index is 2.37. The minimum absolute atomic E-state index is 0.0309. The van der Waals surface area contributed by atoms with E-state index in [2.05, 4.69) is 0 Å². The van der Waals surface area contributed by atoms with Crippen LogP contribution in [0.5, 0.6) is 0 Å². The number of nitrogens with zero attached hydrogens (tertiary/aromatic N) is 1. The minimum atomic E-state index is -3.43. The van der Waals surface area contributed by atoms with E-state index in [1.54, 1.807) is 18.2 Å². The first-order chi connectivity index (χ1) is 7.52. The van der Waals surface area contributed by atoms with Gasteiger partial charge in [0.1, 0.15) is 0 Å². The second-order valence-corrected chi connectivity index (χ2v) is 5.95. The second kappa shape index (κ2) is 4.07. The summed E-state index contributed by atoms with van der Waals surface area (Å²) in [7, 11) is -3.43. The van der Waals surface area contributed by atoms with Crippen molar-refractivity contribution in [3.63, 3.8) is 0 Å². The standard InChI is InChI=1S/C10H10ClNO3S/c11-9-5-2-1-4-8(9)10(13)12-6-3-7-16(12,14)15/h1-2,4-5H,3,6-7H2. The number of carbonyl (C=O) groups is 1. The van der Waals surface area contributed by atoms with Crippen LogP contribution in [0.2, 0.25) is 5.02 Å². The largest absolute Gasteiger partial charge is 0.268 e. The molecule has 0 atom stereocenters. The van der Waals surface area contributed by atoms with Crippen LogP contribution in [-0.2, 0) is 10.0 Å². The second-order valence-electron chi connectivity index (χ2n) is 3.53. The molecule has 0 unspecified atom stereocenters. The minimum Gasteiger partial charge on any atom is -0.268 e. The normalized spacial score (nSPS) is 18.7. The van der Waals surface area contributed by atoms with E-state index in [1.807, 2.05) is 0 Å². The predicted molar refractivity (Wildman–Crippen MR) is 60.9 cm³/mol. The van der Waals surface area contributed by atoms with Gasteiger partial charge in [-0.3, -0.25) is 4.79 Å². The Morgan fingerprint density at radius 2 is 2.00 bits per heavy atom. The number of hydrogen-bond acceptors (Lipinski definition) is 3. The van der Waals surface area contributed by atoms with Crippen molar-refractivity contribution >= 4 is 27.5 Å². The van der Waals surface area contributed by atoms with Crippen molar-refractivity contribution in [3.05, 3.63) is 34.9 Å². The van der Waals surface area contributed by atoms with Gasteiger partial charge in [0.2, 0.25) is 10.0 Å². The molecule has 0 aromatic heterocycles. The number of benzene rings is 1. The molecule has 1 heterocycles. The van der Waals surface area contributed by atoms with Crippen molar-refractivity contribution in [2.75, 3.05) is 12.3 Å². The fraction of sp³-hybridized carbons (Fsp3) is 0.300. The van der Waals surface area contributed by atoms with Gasteiger partial charge in [0.05, 0.1) is 16.3 Å². The van der Waals surface area contributed by atoms with Crippen molar-refractivity contribution in [1.29, 1.82) is 0 Å². The molecule has 0 saturated carbocycles. The van der Waals surface area contributed by atoms with Gasteiger partial charge in [-0.05, 0) is 18.6 Å². The highest BCUT2D eigenvalue weighted by atomic mass is 35.5. The maximum absolute atomic E-state index is 11.9. The lowest BCUT2D eigenvalue weighted by molar-refractivity contribution is 0.0870. The number of amides is 1. The molecule has 16 heavy (non-hydrogen) atoms. The smallest absolute Gasteiger partial charge is 0.268 e. The fourth-order valence-corrected chi connectivity index (χ4v) is 3.33. The van der Waals surface area contributed by atoms with Gasteiger partial charge in [0.25, 0.3) is 5.91 Å². The summed E-state index contributed by atoms with van der Waals surface area (Å²) in [5.41, 5.74) is 0.231. The van der Waals surface area contributed by atoms with Crippen LogP contribution in [0.3, 0.4) is 0 Å². The Labute approximate surface area is 98.9 Å². The zero-order valence-electron chi connectivity index (χ0n) is 8.39. The van der Waals surface area contributed by atoms with E-state index in [4.69, 9.17) is 11.6 Å². The molecule has 4 nitrogen and oxygen atoms in total. The van der Waals surface area contributed by atoms with E-state index in [1.165, 1.54) is 6.07 Å². The van der Waals surface area contributed by atoms with E-state index in [9.17, 15) is 13.2 Å². The first-order valence-electron chi connectivity index (χ1n) is 4.81. The van der Waals surface area contributed by atoms with Crippen LogP contribution >= 0.6 is 11.6 Å². The van der Waals surface area contributed by atoms with Gasteiger partial charge in [-0.2, -0.15) is 0 Å². The van der Waals surface area contributed by atoms with Gasteiger partial charge in [-0.25, -0.2) is 12.7 Å². The average Bonchev–Trinajstić information content (AvgIpc) is 2.58. The van der Waals surface area contributed by atoms with E-state index >= 15 is 0 Å². The maximum Gasteiger partial charge on any atom is 0.268 e. The number of rotatable bonds is 1. The molecule has 6 heteroatoms. The molecular formula is C10H10ClNO3S. The van der Waals surface area contributed by atoms with Crippen LogP contribution < -0.4 is 0 Å². The highest BCUT2D eigenvalue weighted by Gasteiger charge is 2.33. The Hall–Kier alpha value is -1.07. The highest BCUT2D eigenvalue weighted by molar-refractivity contribution is 7.89.